The van der Waals surface area contributed by atoms with E-state index < -0.39 is 23.9 Å². The van der Waals surface area contributed by atoms with E-state index in [4.69, 9.17) is 14.5 Å². The molecule has 1 N–H and O–H groups in total. The van der Waals surface area contributed by atoms with Crippen LogP contribution in [0, 0.1) is 5.92 Å². The summed E-state index contributed by atoms with van der Waals surface area (Å²) in [5.74, 6) is -0.969. The number of benzene rings is 2. The number of para-hydroxylation sites is 1. The van der Waals surface area contributed by atoms with Crippen molar-refractivity contribution in [3.8, 4) is 0 Å². The Kier molecular flexibility index (Phi) is 8.77. The Morgan fingerprint density at radius 1 is 1.02 bits per heavy atom. The second-order valence-corrected chi connectivity index (χ2v) is 12.8. The third kappa shape index (κ3) is 5.99. The molecule has 9 heteroatoms. The second-order valence-electron chi connectivity index (χ2n) is 11.7. The van der Waals surface area contributed by atoms with Crippen molar-refractivity contribution in [2.75, 3.05) is 19.0 Å². The highest BCUT2D eigenvalue weighted by molar-refractivity contribution is 7.17. The van der Waals surface area contributed by atoms with Crippen molar-refractivity contribution in [1.82, 2.24) is 9.88 Å². The van der Waals surface area contributed by atoms with Crippen molar-refractivity contribution in [3.63, 3.8) is 0 Å². The number of fused-ring (bicyclic) bond motifs is 3. The minimum Gasteiger partial charge on any atom is -0.465 e. The first-order valence-corrected chi connectivity index (χ1v) is 16.1. The largest absolute Gasteiger partial charge is 0.465 e. The van der Waals surface area contributed by atoms with Crippen LogP contribution >= 0.6 is 11.3 Å². The van der Waals surface area contributed by atoms with Crippen LogP contribution in [0.1, 0.15) is 74.7 Å². The Labute approximate surface area is 261 Å². The number of nitrogens with one attached hydrogen (secondary N) is 1. The average Bonchev–Trinajstić information content (AvgIpc) is 3.38. The van der Waals surface area contributed by atoms with Gasteiger partial charge in [0.2, 0.25) is 0 Å². The third-order valence-corrected chi connectivity index (χ3v) is 9.80. The summed E-state index contributed by atoms with van der Waals surface area (Å²) in [6, 6.07) is 17.8. The Hall–Kier alpha value is -4.08. The van der Waals surface area contributed by atoms with Crippen LogP contribution < -0.4 is 5.32 Å². The van der Waals surface area contributed by atoms with E-state index in [2.05, 4.69) is 29.3 Å². The molecule has 44 heavy (non-hydrogen) atoms. The van der Waals surface area contributed by atoms with Crippen molar-refractivity contribution in [2.45, 2.75) is 65.1 Å². The topological polar surface area (TPSA) is 97.8 Å². The number of amides is 1. The van der Waals surface area contributed by atoms with Gasteiger partial charge in [-0.3, -0.25) is 14.7 Å². The van der Waals surface area contributed by atoms with Gasteiger partial charge in [0.25, 0.3) is 5.91 Å². The van der Waals surface area contributed by atoms with Gasteiger partial charge in [-0.1, -0.05) is 62.4 Å². The molecule has 2 atom stereocenters. The third-order valence-electron chi connectivity index (χ3n) is 8.63. The molecule has 228 valence electrons. The minimum atomic E-state index is -1.04. The highest BCUT2D eigenvalue weighted by Gasteiger charge is 2.33. The summed E-state index contributed by atoms with van der Waals surface area (Å²) in [4.78, 5) is 48.7. The molecule has 1 amide bonds. The van der Waals surface area contributed by atoms with Gasteiger partial charge in [-0.2, -0.15) is 0 Å². The van der Waals surface area contributed by atoms with Gasteiger partial charge in [0.05, 0.1) is 23.8 Å². The van der Waals surface area contributed by atoms with Crippen molar-refractivity contribution in [3.05, 3.63) is 93.0 Å². The quantitative estimate of drug-likeness (QED) is 0.232. The van der Waals surface area contributed by atoms with E-state index in [0.717, 1.165) is 59.6 Å². The molecule has 8 nitrogen and oxygen atoms in total. The summed E-state index contributed by atoms with van der Waals surface area (Å²) < 4.78 is 11.1. The van der Waals surface area contributed by atoms with Crippen LogP contribution in [0.3, 0.4) is 0 Å². The highest BCUT2D eigenvalue weighted by Crippen LogP contribution is 2.40. The Bertz CT molecular complexity index is 1720. The maximum absolute atomic E-state index is 14.0. The fourth-order valence-corrected chi connectivity index (χ4v) is 7.72. The number of esters is 2. The molecule has 6 rings (SSSR count). The van der Waals surface area contributed by atoms with Crippen LogP contribution in [0.15, 0.2) is 54.6 Å². The number of nitrogens with zero attached hydrogens (tertiary/aromatic N) is 2. The first kappa shape index (κ1) is 30.0. The lowest BCUT2D eigenvalue weighted by atomic mass is 9.88. The SMILES string of the molecule is CCC(OC(=O)c1c2c(nc3ccccc13)CCN(Cc1ccccc1)C2)C(=O)Nc1sc2c(c1C(=O)OC)CCC(C)C2. The lowest BCUT2D eigenvalue weighted by molar-refractivity contribution is -0.124. The zero-order chi connectivity index (χ0) is 30.8. The summed E-state index contributed by atoms with van der Waals surface area (Å²) in [5.41, 5.74) is 5.50. The normalized spacial score (nSPS) is 16.9. The zero-order valence-corrected chi connectivity index (χ0v) is 26.2. The zero-order valence-electron chi connectivity index (χ0n) is 25.4. The van der Waals surface area contributed by atoms with Gasteiger partial charge in [0, 0.05) is 47.6 Å². The van der Waals surface area contributed by atoms with Crippen LogP contribution in [0.25, 0.3) is 10.9 Å². The molecule has 2 unspecified atom stereocenters. The number of hydrogen-bond acceptors (Lipinski definition) is 8. The van der Waals surface area contributed by atoms with Crippen LogP contribution in [-0.2, 0) is 46.6 Å². The van der Waals surface area contributed by atoms with Gasteiger partial charge < -0.3 is 14.8 Å². The molecule has 0 saturated heterocycles. The number of anilines is 1. The number of rotatable bonds is 8. The van der Waals surface area contributed by atoms with E-state index in [1.165, 1.54) is 24.0 Å². The number of pyridine rings is 1. The highest BCUT2D eigenvalue weighted by atomic mass is 32.1. The molecule has 0 spiro atoms. The molecule has 0 radical (unpaired) electrons. The fraction of sp³-hybridized carbons (Fsp3) is 0.371. The van der Waals surface area contributed by atoms with E-state index in [1.807, 2.05) is 49.4 Å². The number of hydrogen-bond donors (Lipinski definition) is 1. The minimum absolute atomic E-state index is 0.276. The number of ether oxygens (including phenoxy) is 2. The summed E-state index contributed by atoms with van der Waals surface area (Å²) in [6.45, 7) is 6.13. The number of carbonyl (C=O) groups is 3. The van der Waals surface area contributed by atoms with Gasteiger partial charge in [-0.05, 0) is 48.8 Å². The number of aromatic nitrogens is 1. The van der Waals surface area contributed by atoms with Gasteiger partial charge >= 0.3 is 11.9 Å². The molecule has 2 aromatic carbocycles. The first-order valence-electron chi connectivity index (χ1n) is 15.3. The molecule has 4 aromatic rings. The smallest absolute Gasteiger partial charge is 0.341 e. The van der Waals surface area contributed by atoms with Gasteiger partial charge in [-0.25, -0.2) is 9.59 Å². The van der Waals surface area contributed by atoms with E-state index in [0.29, 0.717) is 40.4 Å². The fourth-order valence-electron chi connectivity index (χ4n) is 6.32. The first-order chi connectivity index (χ1) is 21.4. The molecule has 3 heterocycles. The average molecular weight is 612 g/mol. The molecular weight excluding hydrogens is 574 g/mol. The molecule has 0 bridgehead atoms. The van der Waals surface area contributed by atoms with Crippen molar-refractivity contribution in [2.24, 2.45) is 5.92 Å². The Morgan fingerprint density at radius 3 is 2.57 bits per heavy atom. The summed E-state index contributed by atoms with van der Waals surface area (Å²) in [5, 5.41) is 4.09. The van der Waals surface area contributed by atoms with Gasteiger partial charge in [-0.15, -0.1) is 11.3 Å². The maximum atomic E-state index is 14.0. The van der Waals surface area contributed by atoms with E-state index >= 15 is 0 Å². The van der Waals surface area contributed by atoms with Crippen LogP contribution in [0.5, 0.6) is 0 Å². The summed E-state index contributed by atoms with van der Waals surface area (Å²) in [6.07, 6.45) is 2.54. The predicted octanol–water partition coefficient (Wildman–Crippen LogP) is 6.34. The van der Waals surface area contributed by atoms with Crippen LogP contribution in [0.2, 0.25) is 0 Å². The number of carbonyl (C=O) groups excluding carboxylic acids is 3. The van der Waals surface area contributed by atoms with E-state index in [-0.39, 0.29) is 6.42 Å². The van der Waals surface area contributed by atoms with Gasteiger partial charge in [0.1, 0.15) is 5.00 Å². The molecule has 2 aliphatic rings. The standard InChI is InChI=1S/C35H37N3O5S/c1-4-28(32(39)37-33-31(34(40)42-3)24-15-14-21(2)18-29(24)44-33)43-35(41)30-23-12-8-9-13-26(23)36-27-16-17-38(20-25(27)30)19-22-10-6-5-7-11-22/h5-13,21,28H,4,14-20H2,1-3H3,(H,37,39). The van der Waals surface area contributed by atoms with E-state index in [1.54, 1.807) is 0 Å². The molecule has 0 fully saturated rings. The molecule has 1 aliphatic carbocycles. The predicted molar refractivity (Wildman–Crippen MR) is 171 cm³/mol. The van der Waals surface area contributed by atoms with Crippen molar-refractivity contribution >= 4 is 45.1 Å². The monoisotopic (exact) mass is 611 g/mol. The molecular formula is C35H37N3O5S. The lowest BCUT2D eigenvalue weighted by Gasteiger charge is -2.30. The summed E-state index contributed by atoms with van der Waals surface area (Å²) >= 11 is 1.42. The number of methoxy groups -OCH3 is 1. The van der Waals surface area contributed by atoms with Crippen LogP contribution in [-0.4, -0.2) is 47.5 Å². The van der Waals surface area contributed by atoms with Gasteiger partial charge in [0.15, 0.2) is 6.10 Å². The maximum Gasteiger partial charge on any atom is 0.341 e. The summed E-state index contributed by atoms with van der Waals surface area (Å²) in [7, 11) is 1.35. The lowest BCUT2D eigenvalue weighted by Crippen LogP contribution is -2.35. The van der Waals surface area contributed by atoms with E-state index in [9.17, 15) is 14.4 Å². The second kappa shape index (κ2) is 12.9. The molecule has 1 aliphatic heterocycles. The van der Waals surface area contributed by atoms with Crippen LogP contribution in [0.4, 0.5) is 5.00 Å². The Morgan fingerprint density at radius 2 is 1.80 bits per heavy atom. The Balaban J connectivity index is 1.27. The number of thiophene rings is 1. The molecule has 0 saturated carbocycles. The molecule has 2 aromatic heterocycles. The van der Waals surface area contributed by atoms with Crippen molar-refractivity contribution < 1.29 is 23.9 Å². The van der Waals surface area contributed by atoms with Crippen molar-refractivity contribution in [1.29, 1.82) is 0 Å².